The fourth-order valence-corrected chi connectivity index (χ4v) is 4.18. The highest BCUT2D eigenvalue weighted by Gasteiger charge is 2.40. The van der Waals surface area contributed by atoms with Gasteiger partial charge in [-0.1, -0.05) is 0 Å². The summed E-state index contributed by atoms with van der Waals surface area (Å²) in [6.45, 7) is 5.21. The average molecular weight is 528 g/mol. The standard InChI is InChI=1S/C25H30FN7O5/c1-25(2,3)38-24(37)31(4)20-11-19(28-16-6-5-9-32(23(16)36)17-10-14(17)26)30-21-13(12-27-33(20)21)22(35)29-15-7-8-18(15)34/h5-6,9,11-12,14-15,17-18,34H,7-8,10H2,1-4H3,(H,28,30)(H,29,35)/t14-,15?,17-,18-/m0/s1. The van der Waals surface area contributed by atoms with Crippen LogP contribution in [0.25, 0.3) is 5.65 Å². The minimum atomic E-state index is -1.06. The van der Waals surface area contributed by atoms with E-state index in [1.165, 1.54) is 39.5 Å². The molecule has 202 valence electrons. The smallest absolute Gasteiger partial charge is 0.415 e. The number of rotatable bonds is 6. The maximum absolute atomic E-state index is 13.6. The van der Waals surface area contributed by atoms with Gasteiger partial charge in [-0.2, -0.15) is 9.61 Å². The Labute approximate surface area is 217 Å². The molecule has 3 N–H and O–H groups in total. The molecule has 2 saturated carbocycles. The minimum Gasteiger partial charge on any atom is -0.443 e. The molecule has 3 aromatic heterocycles. The van der Waals surface area contributed by atoms with Crippen molar-refractivity contribution in [2.75, 3.05) is 17.3 Å². The summed E-state index contributed by atoms with van der Waals surface area (Å²) in [4.78, 5) is 44.6. The molecule has 2 aliphatic carbocycles. The Balaban J connectivity index is 1.55. The van der Waals surface area contributed by atoms with Gasteiger partial charge in [-0.05, 0) is 45.7 Å². The summed E-state index contributed by atoms with van der Waals surface area (Å²) in [5.74, 6) is -0.107. The van der Waals surface area contributed by atoms with E-state index in [1.54, 1.807) is 32.9 Å². The van der Waals surface area contributed by atoms with E-state index >= 15 is 0 Å². The summed E-state index contributed by atoms with van der Waals surface area (Å²) < 4.78 is 21.8. The lowest BCUT2D eigenvalue weighted by Crippen LogP contribution is -2.50. The van der Waals surface area contributed by atoms with E-state index in [4.69, 9.17) is 4.74 Å². The van der Waals surface area contributed by atoms with Crippen molar-refractivity contribution >= 4 is 35.0 Å². The molecule has 0 spiro atoms. The van der Waals surface area contributed by atoms with Crippen LogP contribution in [-0.4, -0.2) is 67.2 Å². The van der Waals surface area contributed by atoms with Crippen molar-refractivity contribution in [2.24, 2.45) is 0 Å². The van der Waals surface area contributed by atoms with Gasteiger partial charge in [-0.3, -0.25) is 14.5 Å². The van der Waals surface area contributed by atoms with Crippen LogP contribution in [0.5, 0.6) is 0 Å². The van der Waals surface area contributed by atoms with Crippen LogP contribution >= 0.6 is 0 Å². The summed E-state index contributed by atoms with van der Waals surface area (Å²) in [6, 6.07) is 3.79. The first kappa shape index (κ1) is 25.6. The van der Waals surface area contributed by atoms with Crippen molar-refractivity contribution in [2.45, 2.75) is 70.0 Å². The lowest BCUT2D eigenvalue weighted by molar-refractivity contribution is 0.0448. The fraction of sp³-hybridized carbons (Fsp3) is 0.480. The third-order valence-electron chi connectivity index (χ3n) is 6.54. The summed E-state index contributed by atoms with van der Waals surface area (Å²) in [6.07, 6.45) is 2.05. The number of halogens is 1. The first-order valence-corrected chi connectivity index (χ1v) is 12.4. The average Bonchev–Trinajstić information content (AvgIpc) is 3.41. The van der Waals surface area contributed by atoms with E-state index in [0.717, 1.165) is 0 Å². The Bertz CT molecular complexity index is 1460. The molecule has 0 aromatic carbocycles. The molecular weight excluding hydrogens is 497 g/mol. The third kappa shape index (κ3) is 4.93. The largest absolute Gasteiger partial charge is 0.443 e. The minimum absolute atomic E-state index is 0.119. The maximum Gasteiger partial charge on any atom is 0.415 e. The van der Waals surface area contributed by atoms with Crippen molar-refractivity contribution in [3.8, 4) is 0 Å². The first-order chi connectivity index (χ1) is 17.9. The van der Waals surface area contributed by atoms with E-state index < -0.39 is 41.5 Å². The normalized spacial score (nSPS) is 22.5. The van der Waals surface area contributed by atoms with Crippen molar-refractivity contribution in [3.05, 3.63) is 46.5 Å². The molecule has 3 aromatic rings. The fourth-order valence-electron chi connectivity index (χ4n) is 4.18. The quantitative estimate of drug-likeness (QED) is 0.444. The van der Waals surface area contributed by atoms with E-state index in [-0.39, 0.29) is 41.0 Å². The van der Waals surface area contributed by atoms with Crippen LogP contribution in [0.4, 0.5) is 26.5 Å². The predicted octanol–water partition coefficient (Wildman–Crippen LogP) is 2.54. The number of fused-ring (bicyclic) bond motifs is 1. The molecule has 2 aliphatic rings. The number of hydrogen-bond acceptors (Lipinski definition) is 8. The maximum atomic E-state index is 13.6. The second-order valence-corrected chi connectivity index (χ2v) is 10.6. The van der Waals surface area contributed by atoms with Gasteiger partial charge in [0.25, 0.3) is 11.5 Å². The predicted molar refractivity (Wildman–Crippen MR) is 137 cm³/mol. The van der Waals surface area contributed by atoms with Crippen molar-refractivity contribution in [3.63, 3.8) is 0 Å². The lowest BCUT2D eigenvalue weighted by atomic mass is 9.89. The van der Waals surface area contributed by atoms with Gasteiger partial charge in [0.2, 0.25) is 0 Å². The zero-order valence-corrected chi connectivity index (χ0v) is 21.5. The molecule has 3 heterocycles. The van der Waals surface area contributed by atoms with Crippen molar-refractivity contribution < 1.29 is 23.8 Å². The number of amides is 2. The van der Waals surface area contributed by atoms with Crippen LogP contribution in [-0.2, 0) is 4.74 Å². The van der Waals surface area contributed by atoms with Crippen LogP contribution in [0, 0.1) is 0 Å². The van der Waals surface area contributed by atoms with E-state index in [0.29, 0.717) is 12.8 Å². The molecule has 0 bridgehead atoms. The zero-order chi connectivity index (χ0) is 27.4. The lowest BCUT2D eigenvalue weighted by Gasteiger charge is -2.32. The van der Waals surface area contributed by atoms with Crippen molar-refractivity contribution in [1.82, 2.24) is 24.5 Å². The molecule has 1 unspecified atom stereocenters. The third-order valence-corrected chi connectivity index (χ3v) is 6.54. The molecule has 12 nitrogen and oxygen atoms in total. The molecule has 2 amide bonds. The SMILES string of the molecule is CN(C(=O)OC(C)(C)C)c1cc(Nc2cccn([C@H]3C[C@@H]3F)c2=O)nc2c(C(=O)NC3CC[C@@H]3O)cnn12. The summed E-state index contributed by atoms with van der Waals surface area (Å²) in [5, 5.41) is 19.9. The second kappa shape index (κ2) is 9.39. The number of aromatic nitrogens is 4. The Morgan fingerprint density at radius 3 is 2.63 bits per heavy atom. The number of carbonyl (C=O) groups is 2. The highest BCUT2D eigenvalue weighted by Crippen LogP contribution is 2.38. The number of nitrogens with zero attached hydrogens (tertiary/aromatic N) is 5. The van der Waals surface area contributed by atoms with Gasteiger partial charge < -0.3 is 25.0 Å². The number of hydrogen-bond donors (Lipinski definition) is 3. The van der Waals surface area contributed by atoms with Gasteiger partial charge in [0, 0.05) is 25.7 Å². The molecule has 13 heteroatoms. The molecular formula is C25H30FN7O5. The van der Waals surface area contributed by atoms with Crippen LogP contribution in [0.2, 0.25) is 0 Å². The van der Waals surface area contributed by atoms with Crippen molar-refractivity contribution in [1.29, 1.82) is 0 Å². The first-order valence-electron chi connectivity index (χ1n) is 12.4. The van der Waals surface area contributed by atoms with Crippen LogP contribution in [0.15, 0.2) is 35.4 Å². The van der Waals surface area contributed by atoms with E-state index in [9.17, 15) is 23.9 Å². The number of carbonyl (C=O) groups excluding carboxylic acids is 2. The van der Waals surface area contributed by atoms with Gasteiger partial charge in [0.05, 0.1) is 24.4 Å². The molecule has 0 aliphatic heterocycles. The molecule has 2 fully saturated rings. The highest BCUT2D eigenvalue weighted by molar-refractivity contribution is 6.00. The number of anilines is 3. The number of ether oxygens (including phenoxy) is 1. The van der Waals surface area contributed by atoms with Gasteiger partial charge in [0.15, 0.2) is 5.65 Å². The van der Waals surface area contributed by atoms with Crippen LogP contribution in [0.1, 0.15) is 56.4 Å². The molecule has 0 saturated heterocycles. The summed E-state index contributed by atoms with van der Waals surface area (Å²) in [5.41, 5.74) is -0.794. The molecule has 4 atom stereocenters. The van der Waals surface area contributed by atoms with Gasteiger partial charge in [-0.25, -0.2) is 14.2 Å². The molecule has 5 rings (SSSR count). The molecule has 0 radical (unpaired) electrons. The number of aliphatic hydroxyl groups is 1. The Hall–Kier alpha value is -4.00. The summed E-state index contributed by atoms with van der Waals surface area (Å²) >= 11 is 0. The topological polar surface area (TPSA) is 143 Å². The van der Waals surface area contributed by atoms with E-state index in [2.05, 4.69) is 20.7 Å². The Morgan fingerprint density at radius 1 is 1.29 bits per heavy atom. The Morgan fingerprint density at radius 2 is 2.03 bits per heavy atom. The Kier molecular flexibility index (Phi) is 6.33. The van der Waals surface area contributed by atoms with Crippen LogP contribution in [0.3, 0.4) is 0 Å². The van der Waals surface area contributed by atoms with Crippen LogP contribution < -0.4 is 21.1 Å². The second-order valence-electron chi connectivity index (χ2n) is 10.6. The number of pyridine rings is 1. The van der Waals surface area contributed by atoms with Gasteiger partial charge in [-0.15, -0.1) is 0 Å². The number of nitrogens with one attached hydrogen (secondary N) is 2. The zero-order valence-electron chi connectivity index (χ0n) is 21.5. The van der Waals surface area contributed by atoms with E-state index in [1.807, 2.05) is 0 Å². The number of alkyl halides is 1. The summed E-state index contributed by atoms with van der Waals surface area (Å²) in [7, 11) is 1.49. The molecule has 38 heavy (non-hydrogen) atoms. The monoisotopic (exact) mass is 527 g/mol. The van der Waals surface area contributed by atoms with Gasteiger partial charge >= 0.3 is 6.09 Å². The number of aliphatic hydroxyl groups excluding tert-OH is 1. The van der Waals surface area contributed by atoms with Gasteiger partial charge in [0.1, 0.15) is 34.7 Å². The highest BCUT2D eigenvalue weighted by atomic mass is 19.1.